The summed E-state index contributed by atoms with van der Waals surface area (Å²) in [5.74, 6) is -2.93. The Balaban J connectivity index is 1.65. The SMILES string of the molecule is Cn1ncc(NC(=O)c2nc(-c3c(F)cccc3F)sc2NC(=O)OC(C)(C)C)c1C1=CCNC(C(=O)OC(C)(C)C)C1. The van der Waals surface area contributed by atoms with E-state index in [9.17, 15) is 23.2 Å². The number of nitrogens with zero attached hydrogens (tertiary/aromatic N) is 3. The Kier molecular flexibility index (Phi) is 9.02. The van der Waals surface area contributed by atoms with Gasteiger partial charge in [-0.05, 0) is 59.2 Å². The fraction of sp³-hybridized carbons (Fsp3) is 0.414. The standard InChI is InChI=1S/C29H34F2N6O5S/c1-28(2,3)41-26(39)18-13-15(11-12-32-18)22-19(14-33-37(22)7)34-23(38)21-25(36-27(40)42-29(4,5)6)43-24(35-21)20-16(30)9-8-10-17(20)31/h8-11,14,18,32H,12-13H2,1-7H3,(H,34,38)(H,36,40). The molecular weight excluding hydrogens is 582 g/mol. The largest absolute Gasteiger partial charge is 0.459 e. The van der Waals surface area contributed by atoms with Gasteiger partial charge in [0.2, 0.25) is 0 Å². The number of carbonyl (C=O) groups is 3. The van der Waals surface area contributed by atoms with Crippen LogP contribution >= 0.6 is 11.3 Å². The molecule has 4 rings (SSSR count). The second-order valence-corrected chi connectivity index (χ2v) is 12.8. The van der Waals surface area contributed by atoms with Crippen LogP contribution in [-0.4, -0.2) is 56.5 Å². The van der Waals surface area contributed by atoms with Crippen LogP contribution in [-0.2, 0) is 21.3 Å². The topological polar surface area (TPSA) is 136 Å². The highest BCUT2D eigenvalue weighted by Crippen LogP contribution is 2.36. The minimum atomic E-state index is -0.878. The van der Waals surface area contributed by atoms with Gasteiger partial charge in [0.05, 0.1) is 23.1 Å². The van der Waals surface area contributed by atoms with Crippen LogP contribution in [0.4, 0.5) is 24.3 Å². The number of aryl methyl sites for hydroxylation is 1. The third-order valence-electron chi connectivity index (χ3n) is 5.95. The highest BCUT2D eigenvalue weighted by atomic mass is 32.1. The van der Waals surface area contributed by atoms with Gasteiger partial charge in [-0.1, -0.05) is 23.5 Å². The first-order valence-corrected chi connectivity index (χ1v) is 14.3. The quantitative estimate of drug-likeness (QED) is 0.309. The van der Waals surface area contributed by atoms with Crippen molar-refractivity contribution in [1.82, 2.24) is 20.1 Å². The maximum Gasteiger partial charge on any atom is 0.412 e. The molecule has 1 aliphatic rings. The third-order valence-corrected chi connectivity index (χ3v) is 6.94. The Morgan fingerprint density at radius 3 is 2.33 bits per heavy atom. The van der Waals surface area contributed by atoms with E-state index >= 15 is 0 Å². The van der Waals surface area contributed by atoms with Crippen LogP contribution in [0.2, 0.25) is 0 Å². The summed E-state index contributed by atoms with van der Waals surface area (Å²) in [6.07, 6.45) is 2.71. The lowest BCUT2D eigenvalue weighted by Gasteiger charge is -2.27. The Hall–Kier alpha value is -4.17. The monoisotopic (exact) mass is 616 g/mol. The molecule has 0 radical (unpaired) electrons. The lowest BCUT2D eigenvalue weighted by atomic mass is 9.98. The number of aromatic nitrogens is 3. The molecular formula is C29H34F2N6O5S. The van der Waals surface area contributed by atoms with Crippen LogP contribution in [0.1, 0.15) is 64.1 Å². The molecule has 230 valence electrons. The zero-order chi connectivity index (χ0) is 31.7. The second kappa shape index (κ2) is 12.2. The zero-order valence-corrected chi connectivity index (χ0v) is 25.7. The van der Waals surface area contributed by atoms with Gasteiger partial charge in [-0.25, -0.2) is 18.6 Å². The number of esters is 1. The normalized spacial score (nSPS) is 15.5. The molecule has 0 aliphatic carbocycles. The van der Waals surface area contributed by atoms with E-state index in [0.29, 0.717) is 17.9 Å². The summed E-state index contributed by atoms with van der Waals surface area (Å²) in [7, 11) is 1.69. The van der Waals surface area contributed by atoms with Gasteiger partial charge < -0.3 is 20.1 Å². The van der Waals surface area contributed by atoms with Crippen molar-refractivity contribution in [3.05, 3.63) is 53.5 Å². The summed E-state index contributed by atoms with van der Waals surface area (Å²) in [4.78, 5) is 43.1. The van der Waals surface area contributed by atoms with Gasteiger partial charge in [-0.15, -0.1) is 0 Å². The van der Waals surface area contributed by atoms with Crippen LogP contribution in [0.25, 0.3) is 16.1 Å². The van der Waals surface area contributed by atoms with Crippen molar-refractivity contribution in [2.75, 3.05) is 17.2 Å². The Morgan fingerprint density at radius 1 is 1.05 bits per heavy atom. The number of anilines is 2. The molecule has 11 nitrogen and oxygen atoms in total. The summed E-state index contributed by atoms with van der Waals surface area (Å²) < 4.78 is 41.6. The van der Waals surface area contributed by atoms with Gasteiger partial charge >= 0.3 is 12.1 Å². The van der Waals surface area contributed by atoms with Crippen LogP contribution in [0.5, 0.6) is 0 Å². The first-order valence-electron chi connectivity index (χ1n) is 13.5. The predicted molar refractivity (Wildman–Crippen MR) is 159 cm³/mol. The lowest BCUT2D eigenvalue weighted by molar-refractivity contribution is -0.157. The molecule has 0 saturated carbocycles. The van der Waals surface area contributed by atoms with Crippen molar-refractivity contribution in [3.8, 4) is 10.6 Å². The van der Waals surface area contributed by atoms with Gasteiger partial charge in [0.1, 0.15) is 38.9 Å². The molecule has 2 aromatic heterocycles. The zero-order valence-electron chi connectivity index (χ0n) is 24.9. The molecule has 2 amide bonds. The lowest BCUT2D eigenvalue weighted by Crippen LogP contribution is -2.43. The third kappa shape index (κ3) is 7.82. The average molecular weight is 617 g/mol. The van der Waals surface area contributed by atoms with Crippen molar-refractivity contribution in [2.45, 2.75) is 65.2 Å². The van der Waals surface area contributed by atoms with E-state index in [1.165, 1.54) is 12.3 Å². The van der Waals surface area contributed by atoms with E-state index in [1.807, 2.05) is 6.08 Å². The van der Waals surface area contributed by atoms with Crippen molar-refractivity contribution < 1.29 is 32.6 Å². The molecule has 43 heavy (non-hydrogen) atoms. The summed E-state index contributed by atoms with van der Waals surface area (Å²) >= 11 is 0.724. The molecule has 0 bridgehead atoms. The van der Waals surface area contributed by atoms with Gasteiger partial charge in [-0.3, -0.25) is 19.6 Å². The van der Waals surface area contributed by atoms with Crippen LogP contribution in [0, 0.1) is 11.6 Å². The highest BCUT2D eigenvalue weighted by molar-refractivity contribution is 7.19. The van der Waals surface area contributed by atoms with Crippen LogP contribution < -0.4 is 16.0 Å². The first-order chi connectivity index (χ1) is 20.0. The van der Waals surface area contributed by atoms with Crippen molar-refractivity contribution in [1.29, 1.82) is 0 Å². The van der Waals surface area contributed by atoms with Gasteiger partial charge in [0, 0.05) is 20.0 Å². The number of ether oxygens (including phenoxy) is 2. The van der Waals surface area contributed by atoms with Crippen molar-refractivity contribution in [2.24, 2.45) is 7.05 Å². The molecule has 1 aromatic carbocycles. The molecule has 3 N–H and O–H groups in total. The maximum absolute atomic E-state index is 14.6. The highest BCUT2D eigenvalue weighted by Gasteiger charge is 2.31. The molecule has 0 spiro atoms. The molecule has 0 fully saturated rings. The molecule has 14 heteroatoms. The Labute approximate surface area is 251 Å². The molecule has 1 atom stereocenters. The number of rotatable bonds is 6. The minimum Gasteiger partial charge on any atom is -0.459 e. The fourth-order valence-electron chi connectivity index (χ4n) is 4.29. The summed E-state index contributed by atoms with van der Waals surface area (Å²) in [5, 5.41) is 12.4. The first kappa shape index (κ1) is 31.8. The summed E-state index contributed by atoms with van der Waals surface area (Å²) in [6.45, 7) is 10.7. The smallest absolute Gasteiger partial charge is 0.412 e. The van der Waals surface area contributed by atoms with E-state index < -0.39 is 52.4 Å². The van der Waals surface area contributed by atoms with Crippen LogP contribution in [0.3, 0.4) is 0 Å². The van der Waals surface area contributed by atoms with E-state index in [-0.39, 0.29) is 22.1 Å². The Bertz CT molecular complexity index is 1560. The Morgan fingerprint density at radius 2 is 1.70 bits per heavy atom. The number of hydrogen-bond donors (Lipinski definition) is 3. The fourth-order valence-corrected chi connectivity index (χ4v) is 5.28. The van der Waals surface area contributed by atoms with Crippen molar-refractivity contribution >= 4 is 45.6 Å². The van der Waals surface area contributed by atoms with Gasteiger partial charge in [0.15, 0.2) is 5.69 Å². The predicted octanol–water partition coefficient (Wildman–Crippen LogP) is 5.51. The molecule has 0 saturated heterocycles. The maximum atomic E-state index is 14.6. The minimum absolute atomic E-state index is 0.0686. The van der Waals surface area contributed by atoms with E-state index in [4.69, 9.17) is 9.47 Å². The molecule has 1 unspecified atom stereocenters. The second-order valence-electron chi connectivity index (χ2n) is 11.8. The van der Waals surface area contributed by atoms with E-state index in [1.54, 1.807) is 53.3 Å². The van der Waals surface area contributed by atoms with E-state index in [2.05, 4.69) is 26.0 Å². The molecule has 1 aliphatic heterocycles. The number of halogens is 2. The van der Waals surface area contributed by atoms with Crippen LogP contribution in [0.15, 0.2) is 30.5 Å². The van der Waals surface area contributed by atoms with Crippen molar-refractivity contribution in [3.63, 3.8) is 0 Å². The molecule has 3 aromatic rings. The number of nitrogens with one attached hydrogen (secondary N) is 3. The molecule has 3 heterocycles. The number of amides is 2. The van der Waals surface area contributed by atoms with Gasteiger partial charge in [0.25, 0.3) is 5.91 Å². The average Bonchev–Trinajstić information content (AvgIpc) is 3.44. The summed E-state index contributed by atoms with van der Waals surface area (Å²) in [6, 6.07) is 2.74. The van der Waals surface area contributed by atoms with Gasteiger partial charge in [-0.2, -0.15) is 5.10 Å². The number of thiazole rings is 1. The van der Waals surface area contributed by atoms with E-state index in [0.717, 1.165) is 29.0 Å². The number of carbonyl (C=O) groups excluding carboxylic acids is 3. The summed E-state index contributed by atoms with van der Waals surface area (Å²) in [5.41, 5.74) is -0.636. The number of hydrogen-bond acceptors (Lipinski definition) is 9. The number of benzene rings is 1.